The van der Waals surface area contributed by atoms with Crippen LogP contribution in [0.1, 0.15) is 53.0 Å². The Bertz CT molecular complexity index is 967. The van der Waals surface area contributed by atoms with Crippen LogP contribution in [0.15, 0.2) is 29.2 Å². The fraction of sp³-hybridized carbons (Fsp3) is 0.476. The van der Waals surface area contributed by atoms with Gasteiger partial charge in [-0.05, 0) is 45.7 Å². The van der Waals surface area contributed by atoms with Crippen molar-refractivity contribution in [2.24, 2.45) is 7.05 Å². The van der Waals surface area contributed by atoms with Crippen molar-refractivity contribution >= 4 is 21.6 Å². The largest absolute Gasteiger partial charge is 0.350 e. The van der Waals surface area contributed by atoms with E-state index in [-0.39, 0.29) is 10.8 Å². The van der Waals surface area contributed by atoms with Crippen molar-refractivity contribution in [3.63, 3.8) is 0 Å². The minimum atomic E-state index is -3.90. The Kier molecular flexibility index (Phi) is 5.84. The molecule has 1 aromatic heterocycles. The Balaban J connectivity index is 2.03. The summed E-state index contributed by atoms with van der Waals surface area (Å²) in [6.45, 7) is 6.86. The van der Waals surface area contributed by atoms with Gasteiger partial charge >= 0.3 is 0 Å². The molecular formula is C21H29N3O3S. The predicted octanol–water partition coefficient (Wildman–Crippen LogP) is 3.77. The second-order valence-corrected chi connectivity index (χ2v) is 9.23. The molecule has 152 valence electrons. The monoisotopic (exact) mass is 403 g/mol. The van der Waals surface area contributed by atoms with Crippen molar-refractivity contribution in [1.29, 1.82) is 0 Å². The lowest BCUT2D eigenvalue weighted by molar-refractivity contribution is 0.0757. The molecular weight excluding hydrogens is 374 g/mol. The van der Waals surface area contributed by atoms with E-state index >= 15 is 0 Å². The fourth-order valence-corrected chi connectivity index (χ4v) is 5.34. The molecule has 7 heteroatoms. The molecule has 2 heterocycles. The van der Waals surface area contributed by atoms with Crippen molar-refractivity contribution in [3.8, 4) is 0 Å². The number of likely N-dealkylation sites (tertiary alicyclic amines) is 1. The Morgan fingerprint density at radius 2 is 1.50 bits per heavy atom. The van der Waals surface area contributed by atoms with Gasteiger partial charge in [0, 0.05) is 37.2 Å². The predicted molar refractivity (Wildman–Crippen MR) is 111 cm³/mol. The lowest BCUT2D eigenvalue weighted by Crippen LogP contribution is -2.33. The third-order valence-electron chi connectivity index (χ3n) is 5.60. The minimum absolute atomic E-state index is 0.0855. The summed E-state index contributed by atoms with van der Waals surface area (Å²) in [6, 6.07) is 7.16. The third-order valence-corrected chi connectivity index (χ3v) is 7.14. The van der Waals surface area contributed by atoms with Crippen LogP contribution in [0.3, 0.4) is 0 Å². The number of carbonyl (C=O) groups excluding carboxylic acids is 1. The first kappa shape index (κ1) is 20.5. The van der Waals surface area contributed by atoms with Crippen molar-refractivity contribution in [2.45, 2.75) is 51.3 Å². The molecule has 1 fully saturated rings. The molecule has 1 aliphatic rings. The average Bonchev–Trinajstić information content (AvgIpc) is 2.86. The summed E-state index contributed by atoms with van der Waals surface area (Å²) in [5, 5.41) is 0. The molecule has 0 bridgehead atoms. The number of hydrogen-bond donors (Lipinski definition) is 1. The van der Waals surface area contributed by atoms with Crippen LogP contribution in [0.5, 0.6) is 0 Å². The molecule has 1 saturated heterocycles. The van der Waals surface area contributed by atoms with Crippen LogP contribution < -0.4 is 4.72 Å². The summed E-state index contributed by atoms with van der Waals surface area (Å²) >= 11 is 0. The van der Waals surface area contributed by atoms with Crippen molar-refractivity contribution in [2.75, 3.05) is 17.8 Å². The molecule has 0 saturated carbocycles. The first-order valence-electron chi connectivity index (χ1n) is 9.77. The Morgan fingerprint density at radius 3 is 2.07 bits per heavy atom. The summed E-state index contributed by atoms with van der Waals surface area (Å²) in [7, 11) is -2.10. The highest BCUT2D eigenvalue weighted by atomic mass is 32.2. The number of nitrogens with zero attached hydrogens (tertiary/aromatic N) is 2. The second-order valence-electron chi connectivity index (χ2n) is 7.61. The molecule has 0 aliphatic carbocycles. The maximum atomic E-state index is 13.3. The number of aromatic nitrogens is 1. The molecule has 1 N–H and O–H groups in total. The first-order valence-corrected chi connectivity index (χ1v) is 11.3. The van der Waals surface area contributed by atoms with Gasteiger partial charge in [-0.3, -0.25) is 9.52 Å². The topological polar surface area (TPSA) is 71.4 Å². The highest BCUT2D eigenvalue weighted by Crippen LogP contribution is 2.30. The summed E-state index contributed by atoms with van der Waals surface area (Å²) in [5.74, 6) is -0.188. The van der Waals surface area contributed by atoms with Crippen molar-refractivity contribution < 1.29 is 13.2 Å². The van der Waals surface area contributed by atoms with Gasteiger partial charge in [0.15, 0.2) is 0 Å². The van der Waals surface area contributed by atoms with Crippen LogP contribution in [0, 0.1) is 20.8 Å². The number of anilines is 1. The van der Waals surface area contributed by atoms with Crippen LogP contribution in [-0.2, 0) is 17.1 Å². The summed E-state index contributed by atoms with van der Waals surface area (Å²) in [4.78, 5) is 15.2. The number of carbonyl (C=O) groups is 1. The van der Waals surface area contributed by atoms with Gasteiger partial charge in [-0.1, -0.05) is 30.5 Å². The summed E-state index contributed by atoms with van der Waals surface area (Å²) in [6.07, 6.45) is 4.13. The van der Waals surface area contributed by atoms with Crippen molar-refractivity contribution in [1.82, 2.24) is 9.47 Å². The van der Waals surface area contributed by atoms with E-state index in [0.29, 0.717) is 35.7 Å². The highest BCUT2D eigenvalue weighted by molar-refractivity contribution is 7.92. The van der Waals surface area contributed by atoms with Crippen molar-refractivity contribution in [3.05, 3.63) is 46.8 Å². The van der Waals surface area contributed by atoms with E-state index in [0.717, 1.165) is 31.2 Å². The van der Waals surface area contributed by atoms with E-state index in [9.17, 15) is 13.2 Å². The van der Waals surface area contributed by atoms with Gasteiger partial charge in [-0.25, -0.2) is 8.42 Å². The molecule has 1 aliphatic heterocycles. The third kappa shape index (κ3) is 3.94. The van der Waals surface area contributed by atoms with E-state index in [1.165, 1.54) is 0 Å². The number of sulfonamides is 1. The number of amides is 1. The van der Waals surface area contributed by atoms with Gasteiger partial charge < -0.3 is 9.47 Å². The summed E-state index contributed by atoms with van der Waals surface area (Å²) < 4.78 is 30.9. The molecule has 0 spiro atoms. The first-order chi connectivity index (χ1) is 13.2. The summed E-state index contributed by atoms with van der Waals surface area (Å²) in [5.41, 5.74) is 3.07. The maximum Gasteiger partial charge on any atom is 0.264 e. The molecule has 0 unspecified atom stereocenters. The van der Waals surface area contributed by atoms with E-state index in [2.05, 4.69) is 4.72 Å². The number of aryl methyl sites for hydroxylation is 1. The fourth-order valence-electron chi connectivity index (χ4n) is 3.76. The standard InChI is InChI=1S/C21H29N3O3S/c1-15-9-11-18(12-10-15)22-28(26,27)20-17(3)23(4)16(2)19(20)21(25)24-13-7-5-6-8-14-24/h9-12,22H,5-8,13-14H2,1-4H3. The Morgan fingerprint density at radius 1 is 0.929 bits per heavy atom. The SMILES string of the molecule is Cc1ccc(NS(=O)(=O)c2c(C(=O)N3CCCCCC3)c(C)n(C)c2C)cc1. The van der Waals surface area contributed by atoms with Gasteiger partial charge in [0.2, 0.25) is 0 Å². The van der Waals surface area contributed by atoms with Crippen LogP contribution in [0.2, 0.25) is 0 Å². The normalized spacial score (nSPS) is 15.4. The van der Waals surface area contributed by atoms with E-state index in [1.54, 1.807) is 35.6 Å². The second kappa shape index (κ2) is 7.99. The Labute approximate surface area is 167 Å². The zero-order valence-electron chi connectivity index (χ0n) is 17.1. The van der Waals surface area contributed by atoms with E-state index in [4.69, 9.17) is 0 Å². The van der Waals surface area contributed by atoms with Crippen LogP contribution in [-0.4, -0.2) is 36.9 Å². The molecule has 3 rings (SSSR count). The molecule has 1 aromatic carbocycles. The average molecular weight is 404 g/mol. The van der Waals surface area contributed by atoms with Gasteiger partial charge in [0.1, 0.15) is 4.90 Å². The van der Waals surface area contributed by atoms with Gasteiger partial charge in [-0.15, -0.1) is 0 Å². The van der Waals surface area contributed by atoms with Crippen LogP contribution in [0.4, 0.5) is 5.69 Å². The molecule has 6 nitrogen and oxygen atoms in total. The molecule has 2 aromatic rings. The zero-order valence-corrected chi connectivity index (χ0v) is 17.9. The molecule has 0 atom stereocenters. The number of rotatable bonds is 4. The molecule has 0 radical (unpaired) electrons. The maximum absolute atomic E-state index is 13.3. The smallest absolute Gasteiger partial charge is 0.264 e. The quantitative estimate of drug-likeness (QED) is 0.845. The molecule has 1 amide bonds. The zero-order chi connectivity index (χ0) is 20.5. The van der Waals surface area contributed by atoms with Crippen LogP contribution >= 0.6 is 0 Å². The Hall–Kier alpha value is -2.28. The molecule has 28 heavy (non-hydrogen) atoms. The number of nitrogens with one attached hydrogen (secondary N) is 1. The van der Waals surface area contributed by atoms with Crippen LogP contribution in [0.25, 0.3) is 0 Å². The van der Waals surface area contributed by atoms with Gasteiger partial charge in [0.25, 0.3) is 15.9 Å². The highest BCUT2D eigenvalue weighted by Gasteiger charge is 2.33. The number of benzene rings is 1. The lowest BCUT2D eigenvalue weighted by Gasteiger charge is -2.21. The van der Waals surface area contributed by atoms with E-state index in [1.807, 2.05) is 26.0 Å². The van der Waals surface area contributed by atoms with Gasteiger partial charge in [-0.2, -0.15) is 0 Å². The lowest BCUT2D eigenvalue weighted by atomic mass is 10.2. The van der Waals surface area contributed by atoms with Gasteiger partial charge in [0.05, 0.1) is 5.56 Å². The minimum Gasteiger partial charge on any atom is -0.350 e. The number of hydrogen-bond acceptors (Lipinski definition) is 3. The van der Waals surface area contributed by atoms with E-state index < -0.39 is 10.0 Å².